The Morgan fingerprint density at radius 3 is 2.44 bits per heavy atom. The molecule has 0 spiro atoms. The molecule has 0 aliphatic heterocycles. The van der Waals surface area contributed by atoms with Crippen molar-refractivity contribution < 1.29 is 14.6 Å². The lowest BCUT2D eigenvalue weighted by Crippen LogP contribution is -1.89. The second-order valence-corrected chi connectivity index (χ2v) is 4.14. The van der Waals surface area contributed by atoms with Crippen LogP contribution in [0, 0.1) is 0 Å². The number of furan rings is 1. The largest absolute Gasteiger partial charge is 0.461 e. The molecule has 1 heterocycles. The molecule has 1 aromatic rings. The maximum absolute atomic E-state index is 9.09. The van der Waals surface area contributed by atoms with Crippen molar-refractivity contribution in [3.05, 3.63) is 23.2 Å². The van der Waals surface area contributed by atoms with E-state index in [1.807, 2.05) is 6.07 Å². The first-order chi connectivity index (χ1) is 7.81. The lowest BCUT2D eigenvalue weighted by Gasteiger charge is -2.00. The van der Waals surface area contributed by atoms with Crippen LogP contribution in [0.5, 0.6) is 0 Å². The molecule has 2 N–H and O–H groups in total. The fourth-order valence-electron chi connectivity index (χ4n) is 1.87. The van der Waals surface area contributed by atoms with Crippen LogP contribution in [-0.2, 0) is 19.6 Å². The highest BCUT2D eigenvalue weighted by Crippen LogP contribution is 2.18. The Morgan fingerprint density at radius 2 is 1.81 bits per heavy atom. The molecule has 92 valence electrons. The predicted octanol–water partition coefficient (Wildman–Crippen LogP) is 2.78. The summed E-state index contributed by atoms with van der Waals surface area (Å²) in [6.07, 6.45) is 7.09. The Hall–Kier alpha value is -0.800. The van der Waals surface area contributed by atoms with Crippen LogP contribution < -0.4 is 0 Å². The average Bonchev–Trinajstić information content (AvgIpc) is 2.71. The van der Waals surface area contributed by atoms with E-state index in [0.717, 1.165) is 18.4 Å². The average molecular weight is 226 g/mol. The third kappa shape index (κ3) is 3.99. The van der Waals surface area contributed by atoms with Crippen molar-refractivity contribution in [1.29, 1.82) is 0 Å². The van der Waals surface area contributed by atoms with Gasteiger partial charge in [-0.2, -0.15) is 0 Å². The quantitative estimate of drug-likeness (QED) is 0.670. The zero-order chi connectivity index (χ0) is 11.8. The van der Waals surface area contributed by atoms with Crippen LogP contribution in [0.3, 0.4) is 0 Å². The minimum Gasteiger partial charge on any atom is -0.461 e. The first-order valence-corrected chi connectivity index (χ1v) is 6.14. The van der Waals surface area contributed by atoms with Gasteiger partial charge in [-0.05, 0) is 24.5 Å². The van der Waals surface area contributed by atoms with E-state index in [4.69, 9.17) is 14.6 Å². The molecule has 0 saturated heterocycles. The van der Waals surface area contributed by atoms with Crippen molar-refractivity contribution >= 4 is 0 Å². The van der Waals surface area contributed by atoms with Gasteiger partial charge in [0.1, 0.15) is 24.7 Å². The van der Waals surface area contributed by atoms with E-state index in [1.54, 1.807) is 0 Å². The number of aliphatic hydroxyl groups is 2. The first-order valence-electron chi connectivity index (χ1n) is 6.14. The molecule has 3 heteroatoms. The van der Waals surface area contributed by atoms with Crippen LogP contribution in [-0.4, -0.2) is 10.2 Å². The van der Waals surface area contributed by atoms with Crippen LogP contribution in [0.15, 0.2) is 10.5 Å². The Kier molecular flexibility index (Phi) is 6.19. The predicted molar refractivity (Wildman–Crippen MR) is 63.0 cm³/mol. The van der Waals surface area contributed by atoms with Gasteiger partial charge in [-0.1, -0.05) is 32.6 Å². The summed E-state index contributed by atoms with van der Waals surface area (Å²) in [7, 11) is 0. The van der Waals surface area contributed by atoms with Gasteiger partial charge in [-0.3, -0.25) is 0 Å². The van der Waals surface area contributed by atoms with Gasteiger partial charge >= 0.3 is 0 Å². The maximum atomic E-state index is 9.09. The third-order valence-corrected chi connectivity index (χ3v) is 2.80. The minimum atomic E-state index is -0.0944. The summed E-state index contributed by atoms with van der Waals surface area (Å²) in [6, 6.07) is 1.85. The van der Waals surface area contributed by atoms with Crippen molar-refractivity contribution in [2.24, 2.45) is 0 Å². The topological polar surface area (TPSA) is 53.6 Å². The van der Waals surface area contributed by atoms with Gasteiger partial charge in [0.05, 0.1) is 0 Å². The molecule has 0 atom stereocenters. The molecule has 0 fully saturated rings. The summed E-state index contributed by atoms with van der Waals surface area (Å²) in [4.78, 5) is 0. The van der Waals surface area contributed by atoms with Crippen LogP contribution in [0.25, 0.3) is 0 Å². The second kappa shape index (κ2) is 7.47. The number of hydrogen-bond acceptors (Lipinski definition) is 3. The van der Waals surface area contributed by atoms with Gasteiger partial charge in [0.25, 0.3) is 0 Å². The van der Waals surface area contributed by atoms with Gasteiger partial charge < -0.3 is 14.6 Å². The van der Waals surface area contributed by atoms with Gasteiger partial charge in [0.2, 0.25) is 0 Å². The molecule has 0 radical (unpaired) electrons. The van der Waals surface area contributed by atoms with E-state index in [1.165, 1.54) is 25.7 Å². The number of hydrogen-bond donors (Lipinski definition) is 2. The molecule has 0 amide bonds. The summed E-state index contributed by atoms with van der Waals surface area (Å²) < 4.78 is 5.29. The smallest absolute Gasteiger partial charge is 0.132 e. The van der Waals surface area contributed by atoms with Gasteiger partial charge in [-0.15, -0.1) is 0 Å². The van der Waals surface area contributed by atoms with Crippen molar-refractivity contribution in [3.63, 3.8) is 0 Å². The van der Waals surface area contributed by atoms with Gasteiger partial charge in [-0.25, -0.2) is 0 Å². The Balaban J connectivity index is 2.37. The summed E-state index contributed by atoms with van der Waals surface area (Å²) in [6.45, 7) is 2.03. The lowest BCUT2D eigenvalue weighted by atomic mass is 10.1. The summed E-state index contributed by atoms with van der Waals surface area (Å²) >= 11 is 0. The second-order valence-electron chi connectivity index (χ2n) is 4.14. The van der Waals surface area contributed by atoms with E-state index < -0.39 is 0 Å². The molecule has 16 heavy (non-hydrogen) atoms. The van der Waals surface area contributed by atoms with Crippen LogP contribution in [0.2, 0.25) is 0 Å². The first kappa shape index (κ1) is 13.3. The van der Waals surface area contributed by atoms with E-state index in [2.05, 4.69) is 6.92 Å². The number of aryl methyl sites for hydroxylation is 1. The zero-order valence-electron chi connectivity index (χ0n) is 10.0. The maximum Gasteiger partial charge on any atom is 0.132 e. The van der Waals surface area contributed by atoms with Gasteiger partial charge in [0.15, 0.2) is 0 Å². The minimum absolute atomic E-state index is 0.0791. The molecular weight excluding hydrogens is 204 g/mol. The molecule has 3 nitrogen and oxygen atoms in total. The molecule has 0 bridgehead atoms. The molecule has 1 rings (SSSR count). The highest BCUT2D eigenvalue weighted by atomic mass is 16.4. The number of aliphatic hydroxyl groups excluding tert-OH is 2. The Morgan fingerprint density at radius 1 is 1.06 bits per heavy atom. The molecular formula is C13H22O3. The third-order valence-electron chi connectivity index (χ3n) is 2.80. The normalized spacial score (nSPS) is 10.9. The molecule has 1 aromatic heterocycles. The molecule has 0 aliphatic rings. The van der Waals surface area contributed by atoms with Crippen LogP contribution in [0.1, 0.15) is 56.1 Å². The molecule has 0 aromatic carbocycles. The summed E-state index contributed by atoms with van der Waals surface area (Å²) in [5.41, 5.74) is 1.04. The van der Waals surface area contributed by atoms with E-state index in [-0.39, 0.29) is 13.2 Å². The zero-order valence-corrected chi connectivity index (χ0v) is 10.0. The van der Waals surface area contributed by atoms with Crippen molar-refractivity contribution in [1.82, 2.24) is 0 Å². The van der Waals surface area contributed by atoms with E-state index >= 15 is 0 Å². The molecule has 0 saturated carbocycles. The van der Waals surface area contributed by atoms with E-state index in [0.29, 0.717) is 11.5 Å². The van der Waals surface area contributed by atoms with Crippen LogP contribution >= 0.6 is 0 Å². The highest BCUT2D eigenvalue weighted by molar-refractivity contribution is 5.21. The number of unbranched alkanes of at least 4 members (excludes halogenated alkanes) is 4. The van der Waals surface area contributed by atoms with E-state index in [9.17, 15) is 0 Å². The standard InChI is InChI=1S/C13H22O3/c1-2-3-4-5-6-7-11-8-12(9-14)16-13(11)10-15/h8,14-15H,2-7,9-10H2,1H3. The lowest BCUT2D eigenvalue weighted by molar-refractivity contribution is 0.214. The van der Waals surface area contributed by atoms with Gasteiger partial charge in [0, 0.05) is 0 Å². The van der Waals surface area contributed by atoms with Crippen molar-refractivity contribution in [2.75, 3.05) is 0 Å². The Bertz CT molecular complexity index is 291. The van der Waals surface area contributed by atoms with Crippen LogP contribution in [0.4, 0.5) is 0 Å². The highest BCUT2D eigenvalue weighted by Gasteiger charge is 2.09. The molecule has 0 unspecified atom stereocenters. The SMILES string of the molecule is CCCCCCCc1cc(CO)oc1CO. The number of rotatable bonds is 8. The van der Waals surface area contributed by atoms with Crippen molar-refractivity contribution in [2.45, 2.75) is 58.7 Å². The molecule has 0 aliphatic carbocycles. The summed E-state index contributed by atoms with van der Waals surface area (Å²) in [5.74, 6) is 1.16. The van der Waals surface area contributed by atoms with Crippen molar-refractivity contribution in [3.8, 4) is 0 Å². The Labute approximate surface area is 97.1 Å². The fourth-order valence-corrected chi connectivity index (χ4v) is 1.87. The summed E-state index contributed by atoms with van der Waals surface area (Å²) in [5, 5.41) is 18.0. The monoisotopic (exact) mass is 226 g/mol. The fraction of sp³-hybridized carbons (Fsp3) is 0.692.